The Bertz CT molecular complexity index is 929. The maximum absolute atomic E-state index is 13.4. The van der Waals surface area contributed by atoms with Crippen molar-refractivity contribution < 1.29 is 4.79 Å². The second-order valence-corrected chi connectivity index (χ2v) is 7.68. The molecule has 4 nitrogen and oxygen atoms in total. The zero-order valence-corrected chi connectivity index (χ0v) is 19.2. The lowest BCUT2D eigenvalue weighted by molar-refractivity contribution is 0.102. The van der Waals surface area contributed by atoms with Crippen LogP contribution in [0.2, 0.25) is 0 Å². The quantitative estimate of drug-likeness (QED) is 0.671. The molecule has 0 saturated heterocycles. The fraction of sp³-hybridized carbons (Fsp3) is 0.520. The van der Waals surface area contributed by atoms with E-state index >= 15 is 0 Å². The normalized spacial score (nSPS) is 11.0. The Balaban J connectivity index is 2.65. The van der Waals surface area contributed by atoms with Gasteiger partial charge in [-0.1, -0.05) is 53.2 Å². The van der Waals surface area contributed by atoms with Crippen molar-refractivity contribution >= 4 is 11.6 Å². The van der Waals surface area contributed by atoms with Gasteiger partial charge in [0, 0.05) is 29.7 Å². The van der Waals surface area contributed by atoms with Crippen molar-refractivity contribution in [2.45, 2.75) is 80.1 Å². The first kappa shape index (κ1) is 22.9. The van der Waals surface area contributed by atoms with Crippen LogP contribution < -0.4 is 10.7 Å². The maximum atomic E-state index is 13.4. The molecule has 0 atom stereocenters. The van der Waals surface area contributed by atoms with Gasteiger partial charge in [0.25, 0.3) is 5.91 Å². The van der Waals surface area contributed by atoms with Crippen LogP contribution in [-0.4, -0.2) is 10.5 Å². The molecular weight excluding hydrogens is 360 g/mol. The van der Waals surface area contributed by atoms with Gasteiger partial charge in [0.05, 0.1) is 0 Å². The number of hydrogen-bond acceptors (Lipinski definition) is 2. The summed E-state index contributed by atoms with van der Waals surface area (Å²) in [5.41, 5.74) is 7.11. The molecule has 0 unspecified atom stereocenters. The summed E-state index contributed by atoms with van der Waals surface area (Å²) in [6.45, 7) is 12.4. The maximum Gasteiger partial charge on any atom is 0.261 e. The largest absolute Gasteiger partial charge is 0.351 e. The number of aryl methyl sites for hydroxylation is 3. The molecule has 1 aromatic carbocycles. The highest BCUT2D eigenvalue weighted by molar-refractivity contribution is 6.06. The van der Waals surface area contributed by atoms with E-state index in [4.69, 9.17) is 0 Å². The molecule has 1 aromatic heterocycles. The highest BCUT2D eigenvalue weighted by Gasteiger charge is 2.23. The Morgan fingerprint density at radius 1 is 0.966 bits per heavy atom. The average Bonchev–Trinajstić information content (AvgIpc) is 2.72. The van der Waals surface area contributed by atoms with Crippen molar-refractivity contribution in [2.75, 3.05) is 5.32 Å². The molecule has 0 spiro atoms. The van der Waals surface area contributed by atoms with Crippen LogP contribution in [0.4, 0.5) is 5.69 Å². The third-order valence-corrected chi connectivity index (χ3v) is 5.97. The number of nitrogens with one attached hydrogen (secondary N) is 1. The molecule has 158 valence electrons. The Morgan fingerprint density at radius 3 is 2.00 bits per heavy atom. The van der Waals surface area contributed by atoms with Gasteiger partial charge in [0.2, 0.25) is 0 Å². The number of rotatable bonds is 8. The zero-order valence-electron chi connectivity index (χ0n) is 19.2. The van der Waals surface area contributed by atoms with Gasteiger partial charge < -0.3 is 9.88 Å². The first-order chi connectivity index (χ1) is 13.8. The second kappa shape index (κ2) is 9.91. The molecule has 0 aliphatic rings. The minimum atomic E-state index is -0.280. The number of aromatic nitrogens is 1. The minimum Gasteiger partial charge on any atom is -0.351 e. The van der Waals surface area contributed by atoms with E-state index in [2.05, 4.69) is 45.1 Å². The molecule has 4 heteroatoms. The summed E-state index contributed by atoms with van der Waals surface area (Å²) in [5, 5.41) is 3.13. The molecule has 0 fully saturated rings. The van der Waals surface area contributed by atoms with E-state index in [1.54, 1.807) is 0 Å². The number of nitrogens with zero attached hydrogens (tertiary/aromatic N) is 1. The highest BCUT2D eigenvalue weighted by atomic mass is 16.2. The van der Waals surface area contributed by atoms with Gasteiger partial charge in [-0.2, -0.15) is 0 Å². The van der Waals surface area contributed by atoms with Crippen molar-refractivity contribution in [1.29, 1.82) is 0 Å². The summed E-state index contributed by atoms with van der Waals surface area (Å²) in [4.78, 5) is 26.7. The number of carbonyl (C=O) groups is 1. The first-order valence-electron chi connectivity index (χ1n) is 11.0. The zero-order chi connectivity index (χ0) is 21.7. The van der Waals surface area contributed by atoms with Crippen LogP contribution in [0.15, 0.2) is 16.9 Å². The predicted octanol–water partition coefficient (Wildman–Crippen LogP) is 5.15. The predicted molar refractivity (Wildman–Crippen MR) is 122 cm³/mol. The van der Waals surface area contributed by atoms with Crippen molar-refractivity contribution in [1.82, 2.24) is 4.57 Å². The summed E-state index contributed by atoms with van der Waals surface area (Å²) >= 11 is 0. The van der Waals surface area contributed by atoms with Crippen LogP contribution in [0.25, 0.3) is 0 Å². The van der Waals surface area contributed by atoms with Gasteiger partial charge in [-0.25, -0.2) is 0 Å². The van der Waals surface area contributed by atoms with Crippen molar-refractivity contribution in [2.24, 2.45) is 7.05 Å². The third kappa shape index (κ3) is 4.47. The van der Waals surface area contributed by atoms with E-state index in [0.717, 1.165) is 59.4 Å². The van der Waals surface area contributed by atoms with E-state index in [1.807, 2.05) is 25.5 Å². The Labute approximate surface area is 175 Å². The minimum absolute atomic E-state index is 0.120. The monoisotopic (exact) mass is 396 g/mol. The average molecular weight is 397 g/mol. The van der Waals surface area contributed by atoms with Gasteiger partial charge in [-0.15, -0.1) is 0 Å². The van der Waals surface area contributed by atoms with E-state index in [-0.39, 0.29) is 11.3 Å². The fourth-order valence-corrected chi connectivity index (χ4v) is 4.14. The summed E-state index contributed by atoms with van der Waals surface area (Å²) < 4.78 is 2.03. The number of carbonyl (C=O) groups excluding carboxylic acids is 1. The third-order valence-electron chi connectivity index (χ3n) is 5.97. The van der Waals surface area contributed by atoms with Gasteiger partial charge in [0.15, 0.2) is 5.43 Å². The van der Waals surface area contributed by atoms with Crippen LogP contribution in [0.3, 0.4) is 0 Å². The van der Waals surface area contributed by atoms with Crippen LogP contribution in [-0.2, 0) is 39.2 Å². The van der Waals surface area contributed by atoms with Gasteiger partial charge in [-0.3, -0.25) is 9.59 Å². The summed E-state index contributed by atoms with van der Waals surface area (Å²) in [6.07, 6.45) is 4.85. The van der Waals surface area contributed by atoms with Crippen molar-refractivity contribution in [3.63, 3.8) is 0 Å². The van der Waals surface area contributed by atoms with Crippen molar-refractivity contribution in [3.05, 3.63) is 61.6 Å². The van der Waals surface area contributed by atoms with Gasteiger partial charge >= 0.3 is 0 Å². The molecule has 2 rings (SSSR count). The summed E-state index contributed by atoms with van der Waals surface area (Å²) in [7, 11) is 1.96. The molecule has 29 heavy (non-hydrogen) atoms. The van der Waals surface area contributed by atoms with Crippen LogP contribution in [0, 0.1) is 6.92 Å². The van der Waals surface area contributed by atoms with E-state index in [0.29, 0.717) is 18.4 Å². The lowest BCUT2D eigenvalue weighted by atomic mass is 9.97. The molecule has 0 aliphatic heterocycles. The molecule has 0 radical (unpaired) electrons. The second-order valence-electron chi connectivity index (χ2n) is 7.68. The molecule has 1 N–H and O–H groups in total. The number of pyridine rings is 1. The van der Waals surface area contributed by atoms with Gasteiger partial charge in [0.1, 0.15) is 5.56 Å². The topological polar surface area (TPSA) is 51.1 Å². The number of amides is 1. The smallest absolute Gasteiger partial charge is 0.261 e. The van der Waals surface area contributed by atoms with E-state index in [1.165, 1.54) is 5.56 Å². The lowest BCUT2D eigenvalue weighted by Crippen LogP contribution is -2.31. The number of anilines is 1. The molecule has 0 aliphatic carbocycles. The summed E-state index contributed by atoms with van der Waals surface area (Å²) in [6, 6.07) is 4.35. The molecule has 0 saturated carbocycles. The van der Waals surface area contributed by atoms with Gasteiger partial charge in [-0.05, 0) is 55.7 Å². The Hall–Kier alpha value is -2.36. The van der Waals surface area contributed by atoms with E-state index < -0.39 is 0 Å². The molecular formula is C25H36N2O2. The molecule has 1 amide bonds. The summed E-state index contributed by atoms with van der Waals surface area (Å²) in [5.74, 6) is -0.280. The Kier molecular flexibility index (Phi) is 7.83. The van der Waals surface area contributed by atoms with Crippen LogP contribution in [0.1, 0.15) is 85.0 Å². The van der Waals surface area contributed by atoms with Crippen LogP contribution >= 0.6 is 0 Å². The molecule has 0 bridgehead atoms. The number of benzene rings is 1. The Morgan fingerprint density at radius 2 is 1.55 bits per heavy atom. The fourth-order valence-electron chi connectivity index (χ4n) is 4.14. The molecule has 1 heterocycles. The first-order valence-corrected chi connectivity index (χ1v) is 11.0. The van der Waals surface area contributed by atoms with Crippen molar-refractivity contribution in [3.8, 4) is 0 Å². The molecule has 2 aromatic rings. The SMILES string of the molecule is CCCc1c(C(=O)Nc2c(CC)cc(CC)cc2CC)c(=O)c(CC)c(C)n1C. The number of hydrogen-bond donors (Lipinski definition) is 1. The highest BCUT2D eigenvalue weighted by Crippen LogP contribution is 2.26. The lowest BCUT2D eigenvalue weighted by Gasteiger charge is -2.21. The standard InChI is InChI=1S/C25H36N2O2/c1-8-13-21-22(24(28)20(12-5)16(6)27(21)7)25(29)26-23-18(10-3)14-17(9-2)15-19(23)11-4/h14-15H,8-13H2,1-7H3,(H,26,29). The van der Waals surface area contributed by atoms with Crippen LogP contribution in [0.5, 0.6) is 0 Å². The van der Waals surface area contributed by atoms with E-state index in [9.17, 15) is 9.59 Å².